The number of benzene rings is 1. The highest BCUT2D eigenvalue weighted by Gasteiger charge is 2.15. The van der Waals surface area contributed by atoms with Crippen molar-refractivity contribution in [1.82, 2.24) is 29.5 Å². The number of hydrogen-bond donors (Lipinski definition) is 2. The highest BCUT2D eigenvalue weighted by molar-refractivity contribution is 6.30. The van der Waals surface area contributed by atoms with Crippen molar-refractivity contribution in [3.05, 3.63) is 47.7 Å². The van der Waals surface area contributed by atoms with Crippen LogP contribution in [0, 0.1) is 0 Å². The molecule has 0 bridgehead atoms. The first-order valence-corrected chi connectivity index (χ1v) is 8.36. The molecule has 0 fully saturated rings. The third-order valence-electron chi connectivity index (χ3n) is 3.81. The molecule has 3 aromatic heterocycles. The first-order chi connectivity index (χ1) is 12.6. The lowest BCUT2D eigenvalue weighted by molar-refractivity contribution is 0.783. The van der Waals surface area contributed by atoms with E-state index in [1.165, 1.54) is 0 Å². The smallest absolute Gasteiger partial charge is 0.229 e. The second kappa shape index (κ2) is 6.57. The average molecular weight is 367 g/mol. The summed E-state index contributed by atoms with van der Waals surface area (Å²) in [5.74, 6) is 1.35. The number of imidazole rings is 1. The quantitative estimate of drug-likeness (QED) is 0.570. The number of fused-ring (bicyclic) bond motifs is 1. The predicted molar refractivity (Wildman–Crippen MR) is 101 cm³/mol. The Morgan fingerprint density at radius 1 is 1.08 bits per heavy atom. The molecule has 1 aromatic carbocycles. The van der Waals surface area contributed by atoms with Gasteiger partial charge in [-0.05, 0) is 37.3 Å². The number of aryl methyl sites for hydroxylation is 1. The van der Waals surface area contributed by atoms with E-state index in [2.05, 4.69) is 30.2 Å². The van der Waals surface area contributed by atoms with Crippen molar-refractivity contribution in [2.75, 3.05) is 11.1 Å². The summed E-state index contributed by atoms with van der Waals surface area (Å²) in [5, 5.41) is 3.84. The van der Waals surface area contributed by atoms with Crippen LogP contribution in [0.3, 0.4) is 0 Å². The second-order valence-electron chi connectivity index (χ2n) is 5.51. The van der Waals surface area contributed by atoms with E-state index >= 15 is 0 Å². The van der Waals surface area contributed by atoms with Crippen molar-refractivity contribution in [1.29, 1.82) is 0 Å². The minimum absolute atomic E-state index is 0.202. The van der Waals surface area contributed by atoms with Crippen molar-refractivity contribution in [2.24, 2.45) is 0 Å². The number of nitrogens with one attached hydrogen (secondary N) is 1. The Kier molecular flexibility index (Phi) is 4.10. The summed E-state index contributed by atoms with van der Waals surface area (Å²) in [7, 11) is 0. The average Bonchev–Trinajstić information content (AvgIpc) is 3.01. The van der Waals surface area contributed by atoms with E-state index in [1.54, 1.807) is 30.6 Å². The molecule has 0 spiro atoms. The minimum atomic E-state index is 0.202. The van der Waals surface area contributed by atoms with Gasteiger partial charge in [0.1, 0.15) is 11.2 Å². The number of anilines is 3. The number of aromatic nitrogens is 6. The summed E-state index contributed by atoms with van der Waals surface area (Å²) in [6.07, 6.45) is 3.29. The molecule has 3 heterocycles. The van der Waals surface area contributed by atoms with Gasteiger partial charge in [0.25, 0.3) is 0 Å². The Morgan fingerprint density at radius 3 is 2.62 bits per heavy atom. The topological polar surface area (TPSA) is 107 Å². The molecule has 0 aliphatic carbocycles. The minimum Gasteiger partial charge on any atom is -0.368 e. The van der Waals surface area contributed by atoms with Crippen LogP contribution in [0.25, 0.3) is 22.7 Å². The van der Waals surface area contributed by atoms with Crippen LogP contribution >= 0.6 is 11.6 Å². The van der Waals surface area contributed by atoms with E-state index in [-0.39, 0.29) is 5.95 Å². The number of nitrogens with zero attached hydrogens (tertiary/aromatic N) is 6. The Hall–Kier alpha value is -3.26. The first kappa shape index (κ1) is 16.2. The number of rotatable bonds is 4. The van der Waals surface area contributed by atoms with Crippen molar-refractivity contribution in [3.8, 4) is 11.5 Å². The number of nitrogens with two attached hydrogens (primary N) is 1. The van der Waals surface area contributed by atoms with E-state index in [1.807, 2.05) is 23.6 Å². The summed E-state index contributed by atoms with van der Waals surface area (Å²) in [6.45, 7) is 2.69. The van der Waals surface area contributed by atoms with E-state index in [9.17, 15) is 0 Å². The van der Waals surface area contributed by atoms with Crippen LogP contribution in [0.1, 0.15) is 6.92 Å². The zero-order chi connectivity index (χ0) is 18.1. The monoisotopic (exact) mass is 366 g/mol. The lowest BCUT2D eigenvalue weighted by Crippen LogP contribution is -2.03. The highest BCUT2D eigenvalue weighted by atomic mass is 35.5. The zero-order valence-electron chi connectivity index (χ0n) is 13.9. The van der Waals surface area contributed by atoms with Gasteiger partial charge in [-0.3, -0.25) is 0 Å². The maximum absolute atomic E-state index is 5.91. The van der Waals surface area contributed by atoms with Crippen LogP contribution in [0.2, 0.25) is 5.02 Å². The lowest BCUT2D eigenvalue weighted by Gasteiger charge is -2.07. The maximum atomic E-state index is 5.91. The van der Waals surface area contributed by atoms with Crippen LogP contribution in [0.5, 0.6) is 0 Å². The van der Waals surface area contributed by atoms with Gasteiger partial charge in [-0.25, -0.2) is 19.9 Å². The summed E-state index contributed by atoms with van der Waals surface area (Å²) in [6, 6.07) is 9.10. The summed E-state index contributed by atoms with van der Waals surface area (Å²) in [4.78, 5) is 21.7. The van der Waals surface area contributed by atoms with Gasteiger partial charge in [-0.2, -0.15) is 4.98 Å². The molecule has 0 atom stereocenters. The van der Waals surface area contributed by atoms with E-state index in [0.29, 0.717) is 40.2 Å². The molecule has 0 amide bonds. The van der Waals surface area contributed by atoms with E-state index in [0.717, 1.165) is 5.69 Å². The molecule has 4 aromatic rings. The molecule has 0 aliphatic heterocycles. The molecule has 0 unspecified atom stereocenters. The van der Waals surface area contributed by atoms with Crippen LogP contribution in [0.4, 0.5) is 17.6 Å². The van der Waals surface area contributed by atoms with E-state index < -0.39 is 0 Å². The second-order valence-corrected chi connectivity index (χ2v) is 5.95. The lowest BCUT2D eigenvalue weighted by atomic mass is 10.3. The number of nitrogen functional groups attached to an aromatic ring is 1. The Balaban J connectivity index is 1.77. The van der Waals surface area contributed by atoms with Gasteiger partial charge in [-0.1, -0.05) is 11.6 Å². The van der Waals surface area contributed by atoms with Gasteiger partial charge < -0.3 is 15.6 Å². The highest BCUT2D eigenvalue weighted by Crippen LogP contribution is 2.24. The van der Waals surface area contributed by atoms with E-state index in [4.69, 9.17) is 17.3 Å². The summed E-state index contributed by atoms with van der Waals surface area (Å²) in [5.41, 5.74) is 8.58. The summed E-state index contributed by atoms with van der Waals surface area (Å²) >= 11 is 5.91. The molecule has 0 saturated heterocycles. The molecular weight excluding hydrogens is 352 g/mol. The Morgan fingerprint density at radius 2 is 1.88 bits per heavy atom. The molecular formula is C17H15ClN8. The van der Waals surface area contributed by atoms with Crippen LogP contribution < -0.4 is 11.1 Å². The molecule has 26 heavy (non-hydrogen) atoms. The molecule has 8 nitrogen and oxygen atoms in total. The Bertz CT molecular complexity index is 1070. The van der Waals surface area contributed by atoms with Gasteiger partial charge in [0, 0.05) is 23.5 Å². The maximum Gasteiger partial charge on any atom is 0.229 e. The molecule has 9 heteroatoms. The first-order valence-electron chi connectivity index (χ1n) is 7.99. The molecule has 0 aliphatic rings. The Labute approximate surface area is 154 Å². The third kappa shape index (κ3) is 3.02. The van der Waals surface area contributed by atoms with Crippen LogP contribution in [0.15, 0.2) is 42.7 Å². The summed E-state index contributed by atoms with van der Waals surface area (Å²) < 4.78 is 1.96. The van der Waals surface area contributed by atoms with Crippen LogP contribution in [-0.4, -0.2) is 29.5 Å². The van der Waals surface area contributed by atoms with Gasteiger partial charge in [0.15, 0.2) is 11.5 Å². The largest absolute Gasteiger partial charge is 0.368 e. The fourth-order valence-corrected chi connectivity index (χ4v) is 2.76. The predicted octanol–water partition coefficient (Wildman–Crippen LogP) is 3.28. The fourth-order valence-electron chi connectivity index (χ4n) is 2.63. The fraction of sp³-hybridized carbons (Fsp3) is 0.118. The van der Waals surface area contributed by atoms with Crippen LogP contribution in [-0.2, 0) is 6.54 Å². The molecule has 0 radical (unpaired) electrons. The van der Waals surface area contributed by atoms with Gasteiger partial charge in [0.05, 0.1) is 6.20 Å². The number of halogens is 1. The van der Waals surface area contributed by atoms with Gasteiger partial charge in [-0.15, -0.1) is 0 Å². The number of hydrogen-bond acceptors (Lipinski definition) is 7. The third-order valence-corrected chi connectivity index (χ3v) is 4.06. The van der Waals surface area contributed by atoms with Crippen molar-refractivity contribution < 1.29 is 0 Å². The standard InChI is InChI=1S/C17H15ClN8/c1-2-26-14(12-7-8-20-16(19)24-12)23-13-9-21-17(25-15(13)26)22-11-5-3-10(18)4-6-11/h3-9H,2H2,1H3,(H2,19,20,24)(H,21,22,25). The SMILES string of the molecule is CCn1c(-c2ccnc(N)n2)nc2cnc(Nc3ccc(Cl)cc3)nc21. The van der Waals surface area contributed by atoms with Crippen molar-refractivity contribution in [2.45, 2.75) is 13.5 Å². The molecule has 3 N–H and O–H groups in total. The van der Waals surface area contributed by atoms with Crippen molar-refractivity contribution in [3.63, 3.8) is 0 Å². The van der Waals surface area contributed by atoms with Gasteiger partial charge >= 0.3 is 0 Å². The van der Waals surface area contributed by atoms with Crippen molar-refractivity contribution >= 4 is 40.3 Å². The normalized spacial score (nSPS) is 11.0. The molecule has 0 saturated carbocycles. The van der Waals surface area contributed by atoms with Gasteiger partial charge in [0.2, 0.25) is 11.9 Å². The zero-order valence-corrected chi connectivity index (χ0v) is 14.6. The molecule has 130 valence electrons. The molecule has 4 rings (SSSR count).